The van der Waals surface area contributed by atoms with Crippen LogP contribution < -0.4 is 5.32 Å². The first-order valence-electron chi connectivity index (χ1n) is 7.70. The van der Waals surface area contributed by atoms with Crippen LogP contribution in [0.4, 0.5) is 4.79 Å². The minimum atomic E-state index is -0.372. The molecule has 1 aromatic heterocycles. The standard InChI is InChI=1S/C16H23N3O3/c1-12(2)11-22-16(21)18-13-6-9-19(10-7-13)15(20)14-5-3-4-8-17-14/h3-5,8,12-13H,6-7,9-11H2,1-2H3,(H,18,21). The molecule has 1 fully saturated rings. The van der Waals surface area contributed by atoms with Crippen molar-refractivity contribution in [2.75, 3.05) is 19.7 Å². The van der Waals surface area contributed by atoms with E-state index in [4.69, 9.17) is 4.74 Å². The molecular formula is C16H23N3O3. The molecule has 2 heterocycles. The zero-order chi connectivity index (χ0) is 15.9. The molecule has 0 radical (unpaired) electrons. The molecule has 1 saturated heterocycles. The molecule has 0 aliphatic carbocycles. The summed E-state index contributed by atoms with van der Waals surface area (Å²) in [7, 11) is 0. The average molecular weight is 305 g/mol. The number of carbonyl (C=O) groups is 2. The summed E-state index contributed by atoms with van der Waals surface area (Å²) in [5, 5.41) is 2.86. The van der Waals surface area contributed by atoms with E-state index in [0.717, 1.165) is 12.8 Å². The van der Waals surface area contributed by atoms with Crippen molar-refractivity contribution in [2.24, 2.45) is 5.92 Å². The number of likely N-dealkylation sites (tertiary alicyclic amines) is 1. The molecule has 1 aromatic rings. The van der Waals surface area contributed by atoms with E-state index in [2.05, 4.69) is 10.3 Å². The molecule has 0 saturated carbocycles. The highest BCUT2D eigenvalue weighted by Gasteiger charge is 2.25. The monoisotopic (exact) mass is 305 g/mol. The highest BCUT2D eigenvalue weighted by molar-refractivity contribution is 5.92. The third-order valence-corrected chi connectivity index (χ3v) is 3.54. The zero-order valence-corrected chi connectivity index (χ0v) is 13.1. The lowest BCUT2D eigenvalue weighted by atomic mass is 10.0. The first-order chi connectivity index (χ1) is 10.6. The Morgan fingerprint density at radius 2 is 2.09 bits per heavy atom. The Morgan fingerprint density at radius 1 is 1.36 bits per heavy atom. The summed E-state index contributed by atoms with van der Waals surface area (Å²) in [6.07, 6.45) is 2.71. The van der Waals surface area contributed by atoms with Gasteiger partial charge in [0, 0.05) is 25.3 Å². The van der Waals surface area contributed by atoms with E-state index in [1.165, 1.54) is 0 Å². The van der Waals surface area contributed by atoms with Crippen molar-refractivity contribution < 1.29 is 14.3 Å². The first kappa shape index (κ1) is 16.3. The lowest BCUT2D eigenvalue weighted by Gasteiger charge is -2.32. The van der Waals surface area contributed by atoms with E-state index in [1.807, 2.05) is 13.8 Å². The largest absolute Gasteiger partial charge is 0.449 e. The van der Waals surface area contributed by atoms with Crippen LogP contribution in [0.15, 0.2) is 24.4 Å². The number of rotatable bonds is 4. The van der Waals surface area contributed by atoms with Crippen LogP contribution in [0.3, 0.4) is 0 Å². The number of carbonyl (C=O) groups excluding carboxylic acids is 2. The number of aromatic nitrogens is 1. The maximum absolute atomic E-state index is 12.3. The van der Waals surface area contributed by atoms with E-state index in [0.29, 0.717) is 31.3 Å². The second kappa shape index (κ2) is 7.77. The normalized spacial score (nSPS) is 15.7. The van der Waals surface area contributed by atoms with Crippen LogP contribution in [0, 0.1) is 5.92 Å². The fraction of sp³-hybridized carbons (Fsp3) is 0.562. The number of piperidine rings is 1. The Labute approximate surface area is 130 Å². The van der Waals surface area contributed by atoms with Crippen LogP contribution in [-0.4, -0.2) is 47.6 Å². The molecule has 6 nitrogen and oxygen atoms in total. The third kappa shape index (κ3) is 4.72. The van der Waals surface area contributed by atoms with E-state index >= 15 is 0 Å². The molecule has 0 bridgehead atoms. The molecule has 1 aliphatic heterocycles. The Hall–Kier alpha value is -2.11. The van der Waals surface area contributed by atoms with Crippen LogP contribution in [-0.2, 0) is 4.74 Å². The van der Waals surface area contributed by atoms with Crippen LogP contribution in [0.1, 0.15) is 37.2 Å². The maximum Gasteiger partial charge on any atom is 0.407 e. The molecule has 2 rings (SSSR count). The van der Waals surface area contributed by atoms with E-state index in [1.54, 1.807) is 29.3 Å². The van der Waals surface area contributed by atoms with Gasteiger partial charge in [-0.25, -0.2) is 4.79 Å². The first-order valence-corrected chi connectivity index (χ1v) is 7.70. The van der Waals surface area contributed by atoms with E-state index < -0.39 is 0 Å². The van der Waals surface area contributed by atoms with Crippen molar-refractivity contribution in [3.63, 3.8) is 0 Å². The molecule has 1 N–H and O–H groups in total. The second-order valence-corrected chi connectivity index (χ2v) is 5.92. The molecule has 1 aliphatic rings. The average Bonchev–Trinajstić information content (AvgIpc) is 2.54. The van der Waals surface area contributed by atoms with Crippen LogP contribution in [0.2, 0.25) is 0 Å². The Kier molecular flexibility index (Phi) is 5.75. The van der Waals surface area contributed by atoms with Gasteiger partial charge >= 0.3 is 6.09 Å². The van der Waals surface area contributed by atoms with E-state index in [9.17, 15) is 9.59 Å². The Bertz CT molecular complexity index is 497. The fourth-order valence-electron chi connectivity index (χ4n) is 2.33. The zero-order valence-electron chi connectivity index (χ0n) is 13.1. The van der Waals surface area contributed by atoms with Crippen LogP contribution >= 0.6 is 0 Å². The summed E-state index contributed by atoms with van der Waals surface area (Å²) in [5.41, 5.74) is 0.463. The van der Waals surface area contributed by atoms with Crippen LogP contribution in [0.25, 0.3) is 0 Å². The van der Waals surface area contributed by atoms with Crippen molar-refractivity contribution in [3.8, 4) is 0 Å². The van der Waals surface area contributed by atoms with Gasteiger partial charge in [-0.3, -0.25) is 9.78 Å². The molecular weight excluding hydrogens is 282 g/mol. The van der Waals surface area contributed by atoms with Gasteiger partial charge in [-0.2, -0.15) is 0 Å². The molecule has 120 valence electrons. The number of amides is 2. The summed E-state index contributed by atoms with van der Waals surface area (Å²) in [4.78, 5) is 29.7. The third-order valence-electron chi connectivity index (χ3n) is 3.54. The molecule has 0 unspecified atom stereocenters. The van der Waals surface area contributed by atoms with Crippen molar-refractivity contribution >= 4 is 12.0 Å². The number of ether oxygens (including phenoxy) is 1. The van der Waals surface area contributed by atoms with Gasteiger partial charge < -0.3 is 15.0 Å². The van der Waals surface area contributed by atoms with Crippen molar-refractivity contribution in [1.82, 2.24) is 15.2 Å². The van der Waals surface area contributed by atoms with Gasteiger partial charge in [0.05, 0.1) is 6.61 Å². The lowest BCUT2D eigenvalue weighted by Crippen LogP contribution is -2.46. The minimum absolute atomic E-state index is 0.0542. The molecule has 22 heavy (non-hydrogen) atoms. The van der Waals surface area contributed by atoms with Crippen molar-refractivity contribution in [2.45, 2.75) is 32.7 Å². The lowest BCUT2D eigenvalue weighted by molar-refractivity contribution is 0.0694. The number of nitrogens with zero attached hydrogens (tertiary/aromatic N) is 2. The minimum Gasteiger partial charge on any atom is -0.449 e. The van der Waals surface area contributed by atoms with Gasteiger partial charge in [0.1, 0.15) is 5.69 Å². The number of nitrogens with one attached hydrogen (secondary N) is 1. The summed E-state index contributed by atoms with van der Waals surface area (Å²) in [6, 6.07) is 5.37. The van der Waals surface area contributed by atoms with Gasteiger partial charge in [0.2, 0.25) is 0 Å². The molecule has 2 amide bonds. The number of pyridine rings is 1. The molecule has 0 aromatic carbocycles. The van der Waals surface area contributed by atoms with Gasteiger partial charge in [-0.15, -0.1) is 0 Å². The summed E-state index contributed by atoms with van der Waals surface area (Å²) < 4.78 is 5.11. The second-order valence-electron chi connectivity index (χ2n) is 5.92. The summed E-state index contributed by atoms with van der Waals surface area (Å²) in [5.74, 6) is 0.269. The smallest absolute Gasteiger partial charge is 0.407 e. The number of hydrogen-bond acceptors (Lipinski definition) is 4. The van der Waals surface area contributed by atoms with Crippen LogP contribution in [0.5, 0.6) is 0 Å². The Balaban J connectivity index is 1.76. The predicted molar refractivity (Wildman–Crippen MR) is 82.5 cm³/mol. The quantitative estimate of drug-likeness (QED) is 0.924. The SMILES string of the molecule is CC(C)COC(=O)NC1CCN(C(=O)c2ccccn2)CC1. The molecule has 0 spiro atoms. The van der Waals surface area contributed by atoms with Gasteiger partial charge in [-0.1, -0.05) is 19.9 Å². The summed E-state index contributed by atoms with van der Waals surface area (Å²) in [6.45, 7) is 5.64. The maximum atomic E-state index is 12.3. The van der Waals surface area contributed by atoms with Gasteiger partial charge in [0.15, 0.2) is 0 Å². The van der Waals surface area contributed by atoms with E-state index in [-0.39, 0.29) is 18.0 Å². The number of hydrogen-bond donors (Lipinski definition) is 1. The highest BCUT2D eigenvalue weighted by atomic mass is 16.5. The van der Waals surface area contributed by atoms with Gasteiger partial charge in [0.25, 0.3) is 5.91 Å². The number of alkyl carbamates (subject to hydrolysis) is 1. The molecule has 6 heteroatoms. The highest BCUT2D eigenvalue weighted by Crippen LogP contribution is 2.13. The predicted octanol–water partition coefficient (Wildman–Crippen LogP) is 2.07. The summed E-state index contributed by atoms with van der Waals surface area (Å²) >= 11 is 0. The van der Waals surface area contributed by atoms with Crippen molar-refractivity contribution in [1.29, 1.82) is 0 Å². The topological polar surface area (TPSA) is 71.5 Å². The van der Waals surface area contributed by atoms with Crippen molar-refractivity contribution in [3.05, 3.63) is 30.1 Å². The Morgan fingerprint density at radius 3 is 2.68 bits per heavy atom. The van der Waals surface area contributed by atoms with Gasteiger partial charge in [-0.05, 0) is 30.9 Å². The molecule has 0 atom stereocenters. The fourth-order valence-corrected chi connectivity index (χ4v) is 2.33.